The molecule has 3 aromatic heterocycles. The Bertz CT molecular complexity index is 2760. The first-order valence-electron chi connectivity index (χ1n) is 25.1. The second kappa shape index (κ2) is 22.6. The lowest BCUT2D eigenvalue weighted by Gasteiger charge is -2.30. The van der Waals surface area contributed by atoms with Crippen molar-refractivity contribution in [2.24, 2.45) is 11.8 Å². The number of aromatic nitrogens is 5. The summed E-state index contributed by atoms with van der Waals surface area (Å²) in [6, 6.07) is 27.2. The van der Waals surface area contributed by atoms with Gasteiger partial charge in [-0.25, -0.2) is 19.6 Å². The summed E-state index contributed by atoms with van der Waals surface area (Å²) in [6.45, 7) is 11.5. The van der Waals surface area contributed by atoms with E-state index in [9.17, 15) is 24.3 Å². The van der Waals surface area contributed by atoms with E-state index in [1.54, 1.807) is 11.1 Å². The standard InChI is InChI=1S/C55H67N9O7/c1-7-8-9-10-31-71-41-25-23-40(24-26-41)64-44(38-19-15-36(16-20-38)42-32-56-50(58-42)46-13-11-29-62(46)52(65)48(34(2)3)60-54(67)68)27-28-45(64)39-21-17-37(18-22-39)43-33-57-51(59-43)47-14-12-30-63(47)53(66)49(35(4)5)61-55(69)70-6/h15-28,32-35,46-49,60H,7-14,29-31H2,1-6H3,(H,56,58)(H,57,59)(H,61,69)(H,67,68)/t46-,47-,48-,49-/m0/s1. The number of rotatable bonds is 19. The zero-order valence-corrected chi connectivity index (χ0v) is 41.6. The number of aromatic amines is 2. The maximum Gasteiger partial charge on any atom is 0.407 e. The highest BCUT2D eigenvalue weighted by atomic mass is 16.5. The summed E-state index contributed by atoms with van der Waals surface area (Å²) in [5.74, 6) is 1.50. The molecular formula is C55H67N9O7. The van der Waals surface area contributed by atoms with E-state index in [0.717, 1.165) is 95.0 Å². The number of carbonyl (C=O) groups excluding carboxylic acids is 3. The third kappa shape index (κ3) is 11.3. The van der Waals surface area contributed by atoms with Crippen molar-refractivity contribution < 1.29 is 33.8 Å². The molecule has 0 bridgehead atoms. The van der Waals surface area contributed by atoms with Gasteiger partial charge in [0, 0.05) is 18.8 Å². The molecule has 5 N–H and O–H groups in total. The van der Waals surface area contributed by atoms with Gasteiger partial charge in [-0.1, -0.05) is 102 Å². The number of hydrogen-bond donors (Lipinski definition) is 5. The lowest BCUT2D eigenvalue weighted by atomic mass is 10.0. The number of carbonyl (C=O) groups is 4. The predicted molar refractivity (Wildman–Crippen MR) is 273 cm³/mol. The largest absolute Gasteiger partial charge is 0.494 e. The minimum atomic E-state index is -1.22. The molecule has 6 aromatic rings. The van der Waals surface area contributed by atoms with Gasteiger partial charge in [0.2, 0.25) is 11.8 Å². The van der Waals surface area contributed by atoms with Gasteiger partial charge < -0.3 is 49.5 Å². The molecule has 71 heavy (non-hydrogen) atoms. The van der Waals surface area contributed by atoms with E-state index < -0.39 is 24.3 Å². The molecule has 0 radical (unpaired) electrons. The van der Waals surface area contributed by atoms with Gasteiger partial charge in [-0.2, -0.15) is 0 Å². The van der Waals surface area contributed by atoms with Crippen LogP contribution in [0.2, 0.25) is 0 Å². The van der Waals surface area contributed by atoms with Crippen LogP contribution in [-0.2, 0) is 14.3 Å². The fraction of sp³-hybridized carbons (Fsp3) is 0.418. The van der Waals surface area contributed by atoms with Crippen molar-refractivity contribution >= 4 is 24.0 Å². The monoisotopic (exact) mass is 966 g/mol. The van der Waals surface area contributed by atoms with Crippen LogP contribution in [0.25, 0.3) is 50.7 Å². The highest BCUT2D eigenvalue weighted by molar-refractivity contribution is 5.87. The summed E-state index contributed by atoms with van der Waals surface area (Å²) < 4.78 is 13.2. The number of methoxy groups -OCH3 is 1. The molecule has 2 fully saturated rings. The Labute approximate surface area is 415 Å². The number of carboxylic acid groups (broad SMARTS) is 1. The number of nitrogens with one attached hydrogen (secondary N) is 4. The summed E-state index contributed by atoms with van der Waals surface area (Å²) in [4.78, 5) is 71.0. The Hall–Kier alpha value is -7.36. The van der Waals surface area contributed by atoms with Crippen molar-refractivity contribution in [3.63, 3.8) is 0 Å². The van der Waals surface area contributed by atoms with Crippen LogP contribution in [0.3, 0.4) is 0 Å². The molecule has 5 heterocycles. The lowest BCUT2D eigenvalue weighted by molar-refractivity contribution is -0.136. The van der Waals surface area contributed by atoms with Gasteiger partial charge in [-0.3, -0.25) is 9.59 Å². The third-order valence-electron chi connectivity index (χ3n) is 13.7. The average molecular weight is 966 g/mol. The van der Waals surface area contributed by atoms with E-state index in [1.165, 1.54) is 20.0 Å². The molecule has 3 aromatic carbocycles. The molecule has 0 saturated carbocycles. The molecule has 0 unspecified atom stereocenters. The number of H-pyrrole nitrogens is 2. The second-order valence-electron chi connectivity index (χ2n) is 19.3. The maximum atomic E-state index is 13.8. The van der Waals surface area contributed by atoms with Gasteiger partial charge in [0.1, 0.15) is 29.5 Å². The van der Waals surface area contributed by atoms with Crippen LogP contribution in [0.4, 0.5) is 9.59 Å². The van der Waals surface area contributed by atoms with Gasteiger partial charge in [-0.15, -0.1) is 0 Å². The van der Waals surface area contributed by atoms with Crippen LogP contribution in [0.5, 0.6) is 5.75 Å². The fourth-order valence-corrected chi connectivity index (χ4v) is 9.86. The van der Waals surface area contributed by atoms with Gasteiger partial charge >= 0.3 is 12.2 Å². The SMILES string of the molecule is CCCCCCOc1ccc(-n2c(-c3ccc(-c4cnc([C@@H]5CCCN5C(=O)[C@@H](NC(=O)O)C(C)C)[nH]4)cc3)ccc2-c2ccc(-c3cnc([C@@H]4CCCN4C(=O)[C@@H](NC(=O)OC)C(C)C)[nH]3)cc2)cc1. The van der Waals surface area contributed by atoms with Crippen molar-refractivity contribution in [3.05, 3.63) is 109 Å². The zero-order valence-electron chi connectivity index (χ0n) is 41.6. The van der Waals surface area contributed by atoms with Crippen LogP contribution >= 0.6 is 0 Å². The Kier molecular flexibility index (Phi) is 15.9. The number of benzene rings is 3. The summed E-state index contributed by atoms with van der Waals surface area (Å²) >= 11 is 0. The minimum absolute atomic E-state index is 0.126. The fourth-order valence-electron chi connectivity index (χ4n) is 9.86. The quantitative estimate of drug-likeness (QED) is 0.0490. The molecule has 2 saturated heterocycles. The van der Waals surface area contributed by atoms with Gasteiger partial charge in [0.25, 0.3) is 0 Å². The van der Waals surface area contributed by atoms with Crippen molar-refractivity contribution in [3.8, 4) is 56.5 Å². The smallest absolute Gasteiger partial charge is 0.407 e. The molecule has 0 spiro atoms. The van der Waals surface area contributed by atoms with Crippen LogP contribution in [0, 0.1) is 11.8 Å². The first-order valence-corrected chi connectivity index (χ1v) is 25.1. The Balaban J connectivity index is 1.04. The maximum absolute atomic E-state index is 13.8. The number of alkyl carbamates (subject to hydrolysis) is 1. The first kappa shape index (κ1) is 50.0. The number of likely N-dealkylation sites (tertiary alicyclic amines) is 2. The van der Waals surface area contributed by atoms with Crippen LogP contribution in [0.15, 0.2) is 97.3 Å². The zero-order chi connectivity index (χ0) is 50.2. The Morgan fingerprint density at radius 2 is 1.14 bits per heavy atom. The molecule has 2 aliphatic rings. The van der Waals surface area contributed by atoms with Crippen molar-refractivity contribution in [2.75, 3.05) is 26.8 Å². The molecule has 4 amide bonds. The minimum Gasteiger partial charge on any atom is -0.494 e. The number of imidazole rings is 2. The normalized spacial score (nSPS) is 16.6. The van der Waals surface area contributed by atoms with Crippen molar-refractivity contribution in [1.82, 2.24) is 44.9 Å². The molecule has 8 rings (SSSR count). The topological polar surface area (TPSA) is 200 Å². The van der Waals surface area contributed by atoms with Gasteiger partial charge in [0.05, 0.1) is 61.0 Å². The van der Waals surface area contributed by atoms with E-state index >= 15 is 0 Å². The van der Waals surface area contributed by atoms with Gasteiger partial charge in [0.15, 0.2) is 0 Å². The van der Waals surface area contributed by atoms with Crippen molar-refractivity contribution in [1.29, 1.82) is 0 Å². The molecule has 0 aliphatic carbocycles. The molecule has 374 valence electrons. The predicted octanol–water partition coefficient (Wildman–Crippen LogP) is 10.6. The first-order chi connectivity index (χ1) is 34.3. The Morgan fingerprint density at radius 3 is 1.59 bits per heavy atom. The lowest BCUT2D eigenvalue weighted by Crippen LogP contribution is -2.51. The van der Waals surface area contributed by atoms with Gasteiger partial charge in [-0.05, 0) is 103 Å². The van der Waals surface area contributed by atoms with E-state index in [1.807, 2.05) is 50.9 Å². The van der Waals surface area contributed by atoms with E-state index in [2.05, 4.69) is 105 Å². The second-order valence-corrected chi connectivity index (χ2v) is 19.3. The number of nitrogens with zero attached hydrogens (tertiary/aromatic N) is 5. The average Bonchev–Trinajstić information content (AvgIpc) is 4.24. The summed E-state index contributed by atoms with van der Waals surface area (Å²) in [7, 11) is 1.29. The Morgan fingerprint density at radius 1 is 0.662 bits per heavy atom. The van der Waals surface area contributed by atoms with Crippen LogP contribution in [0.1, 0.15) is 110 Å². The number of unbranched alkanes of at least 4 members (excludes halogenated alkanes) is 3. The highest BCUT2D eigenvalue weighted by Gasteiger charge is 2.39. The highest BCUT2D eigenvalue weighted by Crippen LogP contribution is 2.38. The van der Waals surface area contributed by atoms with Crippen LogP contribution < -0.4 is 15.4 Å². The van der Waals surface area contributed by atoms with Crippen LogP contribution in [-0.4, -0.2) is 102 Å². The molecule has 2 aliphatic heterocycles. The summed E-state index contributed by atoms with van der Waals surface area (Å²) in [6.07, 6.45) is 9.42. The number of ether oxygens (including phenoxy) is 2. The van der Waals surface area contributed by atoms with E-state index in [-0.39, 0.29) is 35.7 Å². The summed E-state index contributed by atoms with van der Waals surface area (Å²) in [5.41, 5.74) is 8.56. The number of amides is 4. The molecule has 4 atom stereocenters. The molecule has 16 nitrogen and oxygen atoms in total. The summed E-state index contributed by atoms with van der Waals surface area (Å²) in [5, 5.41) is 14.5. The third-order valence-corrected chi connectivity index (χ3v) is 13.7. The van der Waals surface area contributed by atoms with E-state index in [4.69, 9.17) is 19.4 Å². The van der Waals surface area contributed by atoms with Crippen molar-refractivity contribution in [2.45, 2.75) is 110 Å². The molecule has 16 heteroatoms. The van der Waals surface area contributed by atoms with E-state index in [0.29, 0.717) is 31.3 Å². The molecular weight excluding hydrogens is 899 g/mol. The number of hydrogen-bond acceptors (Lipinski definition) is 8.